The Balaban J connectivity index is 1.87. The lowest BCUT2D eigenvalue weighted by Gasteiger charge is -2.26. The van der Waals surface area contributed by atoms with Gasteiger partial charge in [-0.05, 0) is 37.5 Å². The van der Waals surface area contributed by atoms with Gasteiger partial charge >= 0.3 is 0 Å². The highest BCUT2D eigenvalue weighted by Crippen LogP contribution is 2.19. The van der Waals surface area contributed by atoms with Crippen LogP contribution in [0.5, 0.6) is 0 Å². The molecule has 1 saturated heterocycles. The summed E-state index contributed by atoms with van der Waals surface area (Å²) in [6.45, 7) is 1.73. The van der Waals surface area contributed by atoms with Crippen LogP contribution in [0.4, 0.5) is 0 Å². The van der Waals surface area contributed by atoms with Crippen LogP contribution in [-0.4, -0.2) is 38.7 Å². The topological polar surface area (TPSA) is 51.0 Å². The van der Waals surface area contributed by atoms with Gasteiger partial charge < -0.3 is 4.90 Å². The number of amides is 1. The van der Waals surface area contributed by atoms with Gasteiger partial charge in [-0.1, -0.05) is 0 Å². The van der Waals surface area contributed by atoms with Gasteiger partial charge in [0.25, 0.3) is 5.91 Å². The second-order valence-electron chi connectivity index (χ2n) is 5.12. The Morgan fingerprint density at radius 2 is 1.95 bits per heavy atom. The number of rotatable bonds is 2. The summed E-state index contributed by atoms with van der Waals surface area (Å²) in [5.41, 5.74) is 2.41. The molecule has 0 atom stereocenters. The molecule has 0 N–H and O–H groups in total. The van der Waals surface area contributed by atoms with Gasteiger partial charge in [-0.3, -0.25) is 14.5 Å². The number of likely N-dealkylation sites (tertiary alicyclic amines) is 1. The maximum atomic E-state index is 12.5. The van der Waals surface area contributed by atoms with E-state index in [0.29, 0.717) is 5.56 Å². The molecule has 0 spiro atoms. The SMILES string of the molecule is Cn1nccc1-c1cc(C(=O)N2CCCCC2)ccn1. The van der Waals surface area contributed by atoms with Crippen LogP contribution < -0.4 is 0 Å². The Kier molecular flexibility index (Phi) is 3.50. The second kappa shape index (κ2) is 5.45. The molecule has 1 fully saturated rings. The molecule has 0 bridgehead atoms. The Morgan fingerprint density at radius 1 is 1.15 bits per heavy atom. The smallest absolute Gasteiger partial charge is 0.253 e. The van der Waals surface area contributed by atoms with Crippen LogP contribution in [0.25, 0.3) is 11.4 Å². The maximum Gasteiger partial charge on any atom is 0.253 e. The third-order valence-corrected chi connectivity index (χ3v) is 3.73. The van der Waals surface area contributed by atoms with Crippen LogP contribution in [0.1, 0.15) is 29.6 Å². The van der Waals surface area contributed by atoms with E-state index in [1.165, 1.54) is 6.42 Å². The molecule has 5 nitrogen and oxygen atoms in total. The highest BCUT2D eigenvalue weighted by atomic mass is 16.2. The largest absolute Gasteiger partial charge is 0.339 e. The first kappa shape index (κ1) is 12.8. The van der Waals surface area contributed by atoms with Crippen molar-refractivity contribution in [2.75, 3.05) is 13.1 Å². The zero-order valence-corrected chi connectivity index (χ0v) is 11.6. The van der Waals surface area contributed by atoms with Crippen molar-refractivity contribution in [3.05, 3.63) is 36.2 Å². The molecule has 0 radical (unpaired) electrons. The van der Waals surface area contributed by atoms with Crippen molar-refractivity contribution in [1.82, 2.24) is 19.7 Å². The number of aryl methyl sites for hydroxylation is 1. The Hall–Kier alpha value is -2.17. The summed E-state index contributed by atoms with van der Waals surface area (Å²) in [6, 6.07) is 5.54. The molecule has 0 aromatic carbocycles. The minimum absolute atomic E-state index is 0.107. The molecule has 2 aromatic rings. The van der Waals surface area contributed by atoms with Crippen LogP contribution in [-0.2, 0) is 7.05 Å². The summed E-state index contributed by atoms with van der Waals surface area (Å²) >= 11 is 0. The van der Waals surface area contributed by atoms with Crippen molar-refractivity contribution in [1.29, 1.82) is 0 Å². The van der Waals surface area contributed by atoms with Gasteiger partial charge in [-0.15, -0.1) is 0 Å². The van der Waals surface area contributed by atoms with Crippen LogP contribution in [0.15, 0.2) is 30.6 Å². The molecule has 2 aromatic heterocycles. The van der Waals surface area contributed by atoms with Gasteiger partial charge in [0.1, 0.15) is 0 Å². The van der Waals surface area contributed by atoms with E-state index in [0.717, 1.165) is 37.3 Å². The number of nitrogens with zero attached hydrogens (tertiary/aromatic N) is 4. The highest BCUT2D eigenvalue weighted by Gasteiger charge is 2.19. The Morgan fingerprint density at radius 3 is 2.65 bits per heavy atom. The van der Waals surface area contributed by atoms with Gasteiger partial charge in [0.15, 0.2) is 0 Å². The average molecular weight is 270 g/mol. The standard InChI is InChI=1S/C15H18N4O/c1-18-14(6-8-17-18)13-11-12(5-7-16-13)15(20)19-9-3-2-4-10-19/h5-8,11H,2-4,9-10H2,1H3. The first-order chi connectivity index (χ1) is 9.75. The summed E-state index contributed by atoms with van der Waals surface area (Å²) in [4.78, 5) is 18.8. The molecule has 1 aliphatic heterocycles. The molecular formula is C15H18N4O. The van der Waals surface area contributed by atoms with Crippen LogP contribution in [0.3, 0.4) is 0 Å². The molecule has 104 valence electrons. The van der Waals surface area contributed by atoms with E-state index in [1.807, 2.05) is 24.1 Å². The van der Waals surface area contributed by atoms with E-state index in [9.17, 15) is 4.79 Å². The van der Waals surface area contributed by atoms with E-state index in [2.05, 4.69) is 10.1 Å². The van der Waals surface area contributed by atoms with E-state index in [1.54, 1.807) is 23.1 Å². The second-order valence-corrected chi connectivity index (χ2v) is 5.12. The molecule has 20 heavy (non-hydrogen) atoms. The lowest BCUT2D eigenvalue weighted by molar-refractivity contribution is 0.0724. The lowest BCUT2D eigenvalue weighted by Crippen LogP contribution is -2.35. The number of piperidine rings is 1. The molecule has 0 unspecified atom stereocenters. The van der Waals surface area contributed by atoms with E-state index in [4.69, 9.17) is 0 Å². The maximum absolute atomic E-state index is 12.5. The average Bonchev–Trinajstić information content (AvgIpc) is 2.94. The number of carbonyl (C=O) groups excluding carboxylic acids is 1. The molecule has 1 amide bonds. The highest BCUT2D eigenvalue weighted by molar-refractivity contribution is 5.95. The van der Waals surface area contributed by atoms with Crippen molar-refractivity contribution in [3.63, 3.8) is 0 Å². The fourth-order valence-electron chi connectivity index (χ4n) is 2.61. The van der Waals surface area contributed by atoms with E-state index in [-0.39, 0.29) is 5.91 Å². The first-order valence-corrected chi connectivity index (χ1v) is 6.99. The van der Waals surface area contributed by atoms with E-state index >= 15 is 0 Å². The molecule has 3 rings (SSSR count). The molecule has 1 aliphatic rings. The Labute approximate surface area is 118 Å². The molecular weight excluding hydrogens is 252 g/mol. The van der Waals surface area contributed by atoms with Crippen molar-refractivity contribution >= 4 is 5.91 Å². The monoisotopic (exact) mass is 270 g/mol. The number of carbonyl (C=O) groups is 1. The van der Waals surface area contributed by atoms with Crippen molar-refractivity contribution < 1.29 is 4.79 Å². The zero-order valence-electron chi connectivity index (χ0n) is 11.6. The van der Waals surface area contributed by atoms with Gasteiger partial charge in [0, 0.05) is 38.1 Å². The summed E-state index contributed by atoms with van der Waals surface area (Å²) in [6.07, 6.45) is 6.85. The fraction of sp³-hybridized carbons (Fsp3) is 0.400. The van der Waals surface area contributed by atoms with Crippen molar-refractivity contribution in [2.45, 2.75) is 19.3 Å². The summed E-state index contributed by atoms with van der Waals surface area (Å²) in [7, 11) is 1.87. The third kappa shape index (κ3) is 2.43. The fourth-order valence-corrected chi connectivity index (χ4v) is 2.61. The Bertz CT molecular complexity index is 614. The molecule has 0 aliphatic carbocycles. The van der Waals surface area contributed by atoms with Gasteiger partial charge in [0.2, 0.25) is 0 Å². The quantitative estimate of drug-likeness (QED) is 0.839. The molecule has 5 heteroatoms. The minimum atomic E-state index is 0.107. The summed E-state index contributed by atoms with van der Waals surface area (Å²) in [5, 5.41) is 4.14. The van der Waals surface area contributed by atoms with Gasteiger partial charge in [0.05, 0.1) is 11.4 Å². The lowest BCUT2D eigenvalue weighted by atomic mass is 10.1. The third-order valence-electron chi connectivity index (χ3n) is 3.73. The summed E-state index contributed by atoms with van der Waals surface area (Å²) < 4.78 is 1.76. The van der Waals surface area contributed by atoms with Crippen LogP contribution >= 0.6 is 0 Å². The van der Waals surface area contributed by atoms with Crippen LogP contribution in [0, 0.1) is 0 Å². The van der Waals surface area contributed by atoms with Crippen molar-refractivity contribution in [3.8, 4) is 11.4 Å². The summed E-state index contributed by atoms with van der Waals surface area (Å²) in [5.74, 6) is 0.107. The van der Waals surface area contributed by atoms with Crippen molar-refractivity contribution in [2.24, 2.45) is 7.05 Å². The normalized spacial score (nSPS) is 15.3. The van der Waals surface area contributed by atoms with Crippen LogP contribution in [0.2, 0.25) is 0 Å². The van der Waals surface area contributed by atoms with Gasteiger partial charge in [-0.25, -0.2) is 0 Å². The van der Waals surface area contributed by atoms with E-state index < -0.39 is 0 Å². The number of hydrogen-bond acceptors (Lipinski definition) is 3. The predicted octanol–water partition coefficient (Wildman–Crippen LogP) is 2.11. The zero-order chi connectivity index (χ0) is 13.9. The molecule has 0 saturated carbocycles. The number of hydrogen-bond donors (Lipinski definition) is 0. The van der Waals surface area contributed by atoms with Gasteiger partial charge in [-0.2, -0.15) is 5.10 Å². The minimum Gasteiger partial charge on any atom is -0.339 e. The number of pyridine rings is 1. The number of aromatic nitrogens is 3. The first-order valence-electron chi connectivity index (χ1n) is 6.99. The molecule has 3 heterocycles. The predicted molar refractivity (Wildman–Crippen MR) is 76.2 cm³/mol.